The Kier molecular flexibility index (Phi) is 6.54. The first-order valence-corrected chi connectivity index (χ1v) is 12.4. The SMILES string of the molecule is CC(=O)n1c(=O)n(S(C)(=O)=O)c2cc(Cn3cc(Cl)c(OCc4ccc(F)cc4F)nc3=O)ccc21. The Hall–Kier alpha value is -3.84. The fourth-order valence-electron chi connectivity index (χ4n) is 3.59. The molecule has 36 heavy (non-hydrogen) atoms. The molecule has 188 valence electrons. The van der Waals surface area contributed by atoms with Crippen LogP contribution in [0.1, 0.15) is 22.8 Å². The maximum absolute atomic E-state index is 13.8. The van der Waals surface area contributed by atoms with Crippen molar-refractivity contribution in [2.75, 3.05) is 6.26 Å². The Morgan fingerprint density at radius 2 is 1.83 bits per heavy atom. The minimum absolute atomic E-state index is 0.0289. The molecule has 0 fully saturated rings. The highest BCUT2D eigenvalue weighted by atomic mass is 35.5. The summed E-state index contributed by atoms with van der Waals surface area (Å²) < 4.78 is 59.0. The third-order valence-electron chi connectivity index (χ3n) is 5.16. The minimum Gasteiger partial charge on any atom is -0.471 e. The van der Waals surface area contributed by atoms with Gasteiger partial charge in [-0.15, -0.1) is 0 Å². The first kappa shape index (κ1) is 25.3. The highest BCUT2D eigenvalue weighted by Crippen LogP contribution is 2.22. The second kappa shape index (κ2) is 9.32. The van der Waals surface area contributed by atoms with Crippen LogP contribution in [0.15, 0.2) is 52.2 Å². The van der Waals surface area contributed by atoms with Gasteiger partial charge in [-0.2, -0.15) is 8.96 Å². The minimum atomic E-state index is -4.05. The fraction of sp³-hybridized carbons (Fsp3) is 0.182. The number of benzene rings is 2. The van der Waals surface area contributed by atoms with Crippen LogP contribution < -0.4 is 16.1 Å². The third-order valence-corrected chi connectivity index (χ3v) is 6.44. The molecule has 0 radical (unpaired) electrons. The number of hydrogen-bond acceptors (Lipinski definition) is 7. The van der Waals surface area contributed by atoms with Crippen molar-refractivity contribution in [3.05, 3.63) is 91.3 Å². The van der Waals surface area contributed by atoms with Crippen LogP contribution in [0, 0.1) is 11.6 Å². The van der Waals surface area contributed by atoms with Gasteiger partial charge >= 0.3 is 11.4 Å². The highest BCUT2D eigenvalue weighted by Gasteiger charge is 2.22. The Morgan fingerprint density at radius 3 is 2.47 bits per heavy atom. The molecule has 4 rings (SSSR count). The second-order valence-electron chi connectivity index (χ2n) is 7.82. The van der Waals surface area contributed by atoms with E-state index < -0.39 is 38.9 Å². The van der Waals surface area contributed by atoms with Crippen LogP contribution in [-0.2, 0) is 23.2 Å². The molecule has 2 aromatic carbocycles. The first-order chi connectivity index (χ1) is 16.9. The highest BCUT2D eigenvalue weighted by molar-refractivity contribution is 7.89. The number of hydrogen-bond donors (Lipinski definition) is 0. The van der Waals surface area contributed by atoms with Gasteiger partial charge in [0.05, 0.1) is 23.8 Å². The first-order valence-electron chi connectivity index (χ1n) is 10.2. The number of fused-ring (bicyclic) bond motifs is 1. The van der Waals surface area contributed by atoms with E-state index in [9.17, 15) is 31.6 Å². The smallest absolute Gasteiger partial charge is 0.351 e. The summed E-state index contributed by atoms with van der Waals surface area (Å²) in [6.07, 6.45) is 2.05. The molecular formula is C22H17ClF2N4O6S. The molecule has 0 N–H and O–H groups in total. The normalized spacial score (nSPS) is 11.7. The van der Waals surface area contributed by atoms with Gasteiger partial charge in [0.25, 0.3) is 0 Å². The van der Waals surface area contributed by atoms with E-state index in [0.717, 1.165) is 28.4 Å². The van der Waals surface area contributed by atoms with Crippen molar-refractivity contribution in [2.45, 2.75) is 20.1 Å². The fourth-order valence-corrected chi connectivity index (χ4v) is 4.67. The van der Waals surface area contributed by atoms with Gasteiger partial charge in [0.2, 0.25) is 21.8 Å². The van der Waals surface area contributed by atoms with Crippen LogP contribution in [0.5, 0.6) is 5.88 Å². The average molecular weight is 539 g/mol. The number of ether oxygens (including phenoxy) is 1. The van der Waals surface area contributed by atoms with E-state index in [-0.39, 0.29) is 40.7 Å². The summed E-state index contributed by atoms with van der Waals surface area (Å²) in [6, 6.07) is 7.19. The Morgan fingerprint density at radius 1 is 1.11 bits per heavy atom. The van der Waals surface area contributed by atoms with Gasteiger partial charge in [0.15, 0.2) is 0 Å². The van der Waals surface area contributed by atoms with Gasteiger partial charge in [-0.3, -0.25) is 9.36 Å². The largest absolute Gasteiger partial charge is 0.471 e. The van der Waals surface area contributed by atoms with Crippen LogP contribution in [0.4, 0.5) is 8.78 Å². The zero-order valence-corrected chi connectivity index (χ0v) is 20.3. The Balaban J connectivity index is 1.66. The molecule has 10 nitrogen and oxygen atoms in total. The van der Waals surface area contributed by atoms with Gasteiger partial charge in [-0.25, -0.2) is 31.4 Å². The summed E-state index contributed by atoms with van der Waals surface area (Å²) in [5.74, 6) is -2.51. The molecule has 4 aromatic rings. The van der Waals surface area contributed by atoms with E-state index in [1.54, 1.807) is 0 Å². The molecule has 0 aliphatic rings. The summed E-state index contributed by atoms with van der Waals surface area (Å²) in [5, 5.41) is -0.0750. The molecule has 2 aromatic heterocycles. The van der Waals surface area contributed by atoms with Crippen LogP contribution in [-0.4, -0.2) is 38.7 Å². The second-order valence-corrected chi connectivity index (χ2v) is 10.1. The summed E-state index contributed by atoms with van der Waals surface area (Å²) in [7, 11) is -4.05. The quantitative estimate of drug-likeness (QED) is 0.369. The van der Waals surface area contributed by atoms with Crippen molar-refractivity contribution in [3.63, 3.8) is 0 Å². The standard InChI is InChI=1S/C22H17ClF2N4O6S/c1-12(30)28-18-6-3-13(7-19(18)29(22(28)32)36(2,33)34)9-27-10-16(23)20(26-21(27)31)35-11-14-4-5-15(24)8-17(14)25/h3-8,10H,9,11H2,1-2H3. The summed E-state index contributed by atoms with van der Waals surface area (Å²) in [6.45, 7) is 0.662. The topological polar surface area (TPSA) is 122 Å². The van der Waals surface area contributed by atoms with E-state index in [4.69, 9.17) is 16.3 Å². The number of aromatic nitrogens is 4. The number of nitrogens with zero attached hydrogens (tertiary/aromatic N) is 4. The Labute approximate surface area is 207 Å². The van der Waals surface area contributed by atoms with E-state index in [2.05, 4.69) is 4.98 Å². The molecular weight excluding hydrogens is 522 g/mol. The van der Waals surface area contributed by atoms with E-state index in [1.165, 1.54) is 30.5 Å². The van der Waals surface area contributed by atoms with Crippen molar-refractivity contribution in [2.24, 2.45) is 0 Å². The van der Waals surface area contributed by atoms with Crippen LogP contribution in [0.3, 0.4) is 0 Å². The molecule has 0 aliphatic heterocycles. The van der Waals surface area contributed by atoms with Crippen molar-refractivity contribution >= 4 is 38.6 Å². The molecule has 0 atom stereocenters. The lowest BCUT2D eigenvalue weighted by molar-refractivity contribution is 0.0937. The summed E-state index contributed by atoms with van der Waals surface area (Å²) in [4.78, 5) is 40.8. The van der Waals surface area contributed by atoms with Gasteiger partial charge in [0, 0.05) is 24.8 Å². The van der Waals surface area contributed by atoms with Gasteiger partial charge in [-0.1, -0.05) is 17.7 Å². The molecule has 14 heteroatoms. The monoisotopic (exact) mass is 538 g/mol. The summed E-state index contributed by atoms with van der Waals surface area (Å²) >= 11 is 6.17. The van der Waals surface area contributed by atoms with Gasteiger partial charge in [0.1, 0.15) is 23.3 Å². The van der Waals surface area contributed by atoms with Crippen molar-refractivity contribution < 1.29 is 26.7 Å². The van der Waals surface area contributed by atoms with E-state index >= 15 is 0 Å². The lowest BCUT2D eigenvalue weighted by Crippen LogP contribution is -2.31. The third kappa shape index (κ3) is 4.79. The zero-order valence-electron chi connectivity index (χ0n) is 18.7. The van der Waals surface area contributed by atoms with E-state index in [0.29, 0.717) is 15.6 Å². The zero-order chi connectivity index (χ0) is 26.4. The maximum Gasteiger partial charge on any atom is 0.351 e. The van der Waals surface area contributed by atoms with Crippen LogP contribution in [0.2, 0.25) is 5.02 Å². The van der Waals surface area contributed by atoms with Crippen LogP contribution >= 0.6 is 11.6 Å². The molecule has 0 saturated heterocycles. The Bertz CT molecular complexity index is 1760. The van der Waals surface area contributed by atoms with Gasteiger partial charge in [-0.05, 0) is 29.8 Å². The molecule has 2 heterocycles. The molecule has 0 aliphatic carbocycles. The number of carbonyl (C=O) groups is 1. The average Bonchev–Trinajstić information content (AvgIpc) is 3.07. The predicted molar refractivity (Wildman–Crippen MR) is 126 cm³/mol. The van der Waals surface area contributed by atoms with Crippen molar-refractivity contribution in [1.29, 1.82) is 0 Å². The number of imidazole rings is 1. The van der Waals surface area contributed by atoms with Crippen molar-refractivity contribution in [1.82, 2.24) is 18.1 Å². The molecule has 0 spiro atoms. The van der Waals surface area contributed by atoms with Crippen molar-refractivity contribution in [3.8, 4) is 5.88 Å². The molecule has 0 amide bonds. The molecule has 0 unspecified atom stereocenters. The lowest BCUT2D eigenvalue weighted by atomic mass is 10.2. The molecule has 0 saturated carbocycles. The summed E-state index contributed by atoms with van der Waals surface area (Å²) in [5.41, 5.74) is -1.33. The number of halogens is 3. The number of carbonyl (C=O) groups excluding carboxylic acids is 1. The number of rotatable bonds is 6. The maximum atomic E-state index is 13.8. The van der Waals surface area contributed by atoms with Crippen LogP contribution in [0.25, 0.3) is 11.0 Å². The predicted octanol–water partition coefficient (Wildman–Crippen LogP) is 2.39. The van der Waals surface area contributed by atoms with Gasteiger partial charge < -0.3 is 4.74 Å². The molecule has 0 bridgehead atoms. The van der Waals surface area contributed by atoms with E-state index in [1.807, 2.05) is 0 Å². The lowest BCUT2D eigenvalue weighted by Gasteiger charge is -2.11.